The second-order valence-corrected chi connectivity index (χ2v) is 3.65. The van der Waals surface area contributed by atoms with Gasteiger partial charge in [0.15, 0.2) is 0 Å². The summed E-state index contributed by atoms with van der Waals surface area (Å²) in [5.41, 5.74) is 6.51. The van der Waals surface area contributed by atoms with Crippen molar-refractivity contribution >= 4 is 0 Å². The van der Waals surface area contributed by atoms with Crippen molar-refractivity contribution in [3.05, 3.63) is 35.9 Å². The second-order valence-electron chi connectivity index (χ2n) is 3.65. The van der Waals surface area contributed by atoms with Crippen LogP contribution in [0.25, 0.3) is 0 Å². The van der Waals surface area contributed by atoms with Gasteiger partial charge in [-0.3, -0.25) is 0 Å². The summed E-state index contributed by atoms with van der Waals surface area (Å²) in [7, 11) is 3.03. The van der Waals surface area contributed by atoms with E-state index >= 15 is 0 Å². The van der Waals surface area contributed by atoms with Crippen molar-refractivity contribution < 1.29 is 14.2 Å². The first kappa shape index (κ1) is 13.1. The topological polar surface area (TPSA) is 79.5 Å². The van der Waals surface area contributed by atoms with E-state index in [1.807, 2.05) is 18.2 Å². The van der Waals surface area contributed by atoms with Gasteiger partial charge in [0.25, 0.3) is 0 Å². The van der Waals surface area contributed by atoms with Crippen molar-refractivity contribution in [2.75, 3.05) is 14.2 Å². The maximum absolute atomic E-state index is 5.65. The Labute approximate surface area is 111 Å². The Hall–Kier alpha value is -2.34. The lowest BCUT2D eigenvalue weighted by molar-refractivity contribution is 0.347. The third kappa shape index (κ3) is 3.11. The zero-order valence-corrected chi connectivity index (χ0v) is 10.8. The van der Waals surface area contributed by atoms with E-state index in [1.54, 1.807) is 12.1 Å². The van der Waals surface area contributed by atoms with Gasteiger partial charge in [-0.15, -0.1) is 0 Å². The van der Waals surface area contributed by atoms with Crippen molar-refractivity contribution in [3.63, 3.8) is 0 Å². The van der Waals surface area contributed by atoms with Crippen LogP contribution >= 0.6 is 0 Å². The fourth-order valence-electron chi connectivity index (χ4n) is 1.51. The molecule has 0 atom stereocenters. The summed E-state index contributed by atoms with van der Waals surface area (Å²) in [5, 5.41) is 0. The van der Waals surface area contributed by atoms with E-state index in [0.717, 1.165) is 5.56 Å². The van der Waals surface area contributed by atoms with Crippen LogP contribution < -0.4 is 19.9 Å². The molecule has 0 radical (unpaired) electrons. The van der Waals surface area contributed by atoms with Crippen LogP contribution in [0.1, 0.15) is 5.56 Å². The summed E-state index contributed by atoms with van der Waals surface area (Å²) < 4.78 is 15.7. The molecule has 0 saturated heterocycles. The standard InChI is InChI=1S/C13H15N3O3/c1-17-11-7-12(18-2)16-13(15-11)19-10-6-4-3-5-9(10)8-14/h3-7H,8,14H2,1-2H3. The van der Waals surface area contributed by atoms with E-state index < -0.39 is 0 Å². The van der Waals surface area contributed by atoms with Gasteiger partial charge in [0.05, 0.1) is 20.3 Å². The maximum Gasteiger partial charge on any atom is 0.328 e. The van der Waals surface area contributed by atoms with Crippen molar-refractivity contribution in [1.82, 2.24) is 9.97 Å². The minimum Gasteiger partial charge on any atom is -0.481 e. The fraction of sp³-hybridized carbons (Fsp3) is 0.231. The minimum atomic E-state index is 0.150. The molecule has 1 aromatic carbocycles. The normalized spacial score (nSPS) is 10.1. The molecule has 0 aliphatic carbocycles. The molecular weight excluding hydrogens is 246 g/mol. The Bertz CT molecular complexity index is 538. The molecule has 19 heavy (non-hydrogen) atoms. The van der Waals surface area contributed by atoms with Crippen LogP contribution in [-0.4, -0.2) is 24.2 Å². The Morgan fingerprint density at radius 3 is 2.26 bits per heavy atom. The lowest BCUT2D eigenvalue weighted by atomic mass is 10.2. The van der Waals surface area contributed by atoms with Crippen LogP contribution in [0.15, 0.2) is 30.3 Å². The molecule has 2 rings (SSSR count). The average molecular weight is 261 g/mol. The molecule has 0 saturated carbocycles. The van der Waals surface area contributed by atoms with Crippen LogP contribution in [0.3, 0.4) is 0 Å². The lowest BCUT2D eigenvalue weighted by Crippen LogP contribution is -2.02. The fourth-order valence-corrected chi connectivity index (χ4v) is 1.51. The lowest BCUT2D eigenvalue weighted by Gasteiger charge is -2.10. The molecule has 100 valence electrons. The van der Waals surface area contributed by atoms with Crippen LogP contribution in [0.2, 0.25) is 0 Å². The number of para-hydroxylation sites is 1. The summed E-state index contributed by atoms with van der Waals surface area (Å²) in [5.74, 6) is 1.35. The Morgan fingerprint density at radius 2 is 1.68 bits per heavy atom. The first-order chi connectivity index (χ1) is 9.26. The number of aromatic nitrogens is 2. The summed E-state index contributed by atoms with van der Waals surface area (Å²) in [4.78, 5) is 8.19. The molecule has 0 spiro atoms. The van der Waals surface area contributed by atoms with Gasteiger partial charge in [-0.25, -0.2) is 0 Å². The van der Waals surface area contributed by atoms with Gasteiger partial charge in [0.1, 0.15) is 5.75 Å². The molecule has 6 nitrogen and oxygen atoms in total. The molecular formula is C13H15N3O3. The number of benzene rings is 1. The molecule has 2 aromatic rings. The summed E-state index contributed by atoms with van der Waals surface area (Å²) in [6, 6.07) is 9.15. The number of nitrogens with two attached hydrogens (primary N) is 1. The third-order valence-corrected chi connectivity index (χ3v) is 2.47. The first-order valence-electron chi connectivity index (χ1n) is 5.69. The van der Waals surface area contributed by atoms with Crippen molar-refractivity contribution in [1.29, 1.82) is 0 Å². The molecule has 1 heterocycles. The highest BCUT2D eigenvalue weighted by Crippen LogP contribution is 2.25. The highest BCUT2D eigenvalue weighted by Gasteiger charge is 2.09. The number of nitrogens with zero attached hydrogens (tertiary/aromatic N) is 2. The van der Waals surface area contributed by atoms with Crippen molar-refractivity contribution in [2.45, 2.75) is 6.54 Å². The predicted octanol–water partition coefficient (Wildman–Crippen LogP) is 1.74. The van der Waals surface area contributed by atoms with Gasteiger partial charge in [-0.1, -0.05) is 18.2 Å². The van der Waals surface area contributed by atoms with Gasteiger partial charge < -0.3 is 19.9 Å². The first-order valence-corrected chi connectivity index (χ1v) is 5.69. The summed E-state index contributed by atoms with van der Waals surface area (Å²) in [6.07, 6.45) is 0. The van der Waals surface area contributed by atoms with Crippen molar-refractivity contribution in [2.24, 2.45) is 5.73 Å². The van der Waals surface area contributed by atoms with Crippen molar-refractivity contribution in [3.8, 4) is 23.5 Å². The SMILES string of the molecule is COc1cc(OC)nc(Oc2ccccc2CN)n1. The molecule has 0 bridgehead atoms. The monoisotopic (exact) mass is 261 g/mol. The maximum atomic E-state index is 5.65. The molecule has 0 unspecified atom stereocenters. The van der Waals surface area contributed by atoms with Crippen LogP contribution in [0.4, 0.5) is 0 Å². The largest absolute Gasteiger partial charge is 0.481 e. The van der Waals surface area contributed by atoms with E-state index in [1.165, 1.54) is 14.2 Å². The third-order valence-electron chi connectivity index (χ3n) is 2.47. The Morgan fingerprint density at radius 1 is 1.05 bits per heavy atom. The molecule has 1 aromatic heterocycles. The number of methoxy groups -OCH3 is 2. The van der Waals surface area contributed by atoms with Crippen LogP contribution in [0.5, 0.6) is 23.5 Å². The predicted molar refractivity (Wildman–Crippen MR) is 69.5 cm³/mol. The second kappa shape index (κ2) is 6.01. The molecule has 0 aliphatic heterocycles. The molecule has 0 amide bonds. The van der Waals surface area contributed by atoms with E-state index in [0.29, 0.717) is 24.1 Å². The number of hydrogen-bond donors (Lipinski definition) is 1. The van der Waals surface area contributed by atoms with E-state index in [9.17, 15) is 0 Å². The van der Waals surface area contributed by atoms with Gasteiger partial charge in [0.2, 0.25) is 11.8 Å². The number of rotatable bonds is 5. The smallest absolute Gasteiger partial charge is 0.328 e. The van der Waals surface area contributed by atoms with Gasteiger partial charge in [-0.05, 0) is 6.07 Å². The van der Waals surface area contributed by atoms with Crippen LogP contribution in [-0.2, 0) is 6.54 Å². The quantitative estimate of drug-likeness (QED) is 0.883. The van der Waals surface area contributed by atoms with Gasteiger partial charge in [0, 0.05) is 12.1 Å². The zero-order chi connectivity index (χ0) is 13.7. The van der Waals surface area contributed by atoms with E-state index in [4.69, 9.17) is 19.9 Å². The van der Waals surface area contributed by atoms with Crippen LogP contribution in [0, 0.1) is 0 Å². The summed E-state index contributed by atoms with van der Waals surface area (Å²) >= 11 is 0. The van der Waals surface area contributed by atoms with Gasteiger partial charge >= 0.3 is 6.01 Å². The Kier molecular flexibility index (Phi) is 4.15. The number of hydrogen-bond acceptors (Lipinski definition) is 6. The van der Waals surface area contributed by atoms with E-state index in [2.05, 4.69) is 9.97 Å². The molecule has 0 fully saturated rings. The highest BCUT2D eigenvalue weighted by molar-refractivity contribution is 5.35. The molecule has 0 aliphatic rings. The average Bonchev–Trinajstić information content (AvgIpc) is 2.47. The number of ether oxygens (including phenoxy) is 3. The molecule has 2 N–H and O–H groups in total. The zero-order valence-electron chi connectivity index (χ0n) is 10.8. The molecule has 6 heteroatoms. The van der Waals surface area contributed by atoms with E-state index in [-0.39, 0.29) is 6.01 Å². The van der Waals surface area contributed by atoms with Gasteiger partial charge in [-0.2, -0.15) is 9.97 Å². The summed E-state index contributed by atoms with van der Waals surface area (Å²) in [6.45, 7) is 0.372. The Balaban J connectivity index is 2.32. The highest BCUT2D eigenvalue weighted by atomic mass is 16.5. The minimum absolute atomic E-state index is 0.150.